The fraction of sp³-hybridized carbons (Fsp3) is 0.562. The maximum Gasteiger partial charge on any atom is 0.237 e. The van der Waals surface area contributed by atoms with Crippen LogP contribution in [0.1, 0.15) is 43.7 Å². The number of benzene rings is 1. The largest absolute Gasteiger partial charge is 0.355 e. The molecule has 2 rings (SSSR count). The predicted molar refractivity (Wildman–Crippen MR) is 78.3 cm³/mol. The van der Waals surface area contributed by atoms with E-state index in [2.05, 4.69) is 41.8 Å². The van der Waals surface area contributed by atoms with Crippen molar-refractivity contribution in [3.8, 4) is 0 Å². The second-order valence-electron chi connectivity index (χ2n) is 5.22. The monoisotopic (exact) mass is 260 g/mol. The number of hydrogen-bond donors (Lipinski definition) is 2. The van der Waals surface area contributed by atoms with E-state index in [1.165, 1.54) is 11.1 Å². The molecule has 0 saturated carbocycles. The zero-order chi connectivity index (χ0) is 13.7. The molecule has 1 aliphatic rings. The SMILES string of the molecule is CCNC(=O)C1CC(c2ccc(CC)cc2)CCN1. The molecule has 1 aliphatic heterocycles. The zero-order valence-electron chi connectivity index (χ0n) is 11.9. The standard InChI is InChI=1S/C16H24N2O/c1-3-12-5-7-13(8-6-12)14-9-10-18-15(11-14)16(19)17-4-2/h5-8,14-15,18H,3-4,9-11H2,1-2H3,(H,17,19). The Bertz CT molecular complexity index is 413. The lowest BCUT2D eigenvalue weighted by atomic mass is 9.85. The highest BCUT2D eigenvalue weighted by Gasteiger charge is 2.27. The van der Waals surface area contributed by atoms with Crippen molar-refractivity contribution in [1.82, 2.24) is 10.6 Å². The lowest BCUT2D eigenvalue weighted by Gasteiger charge is -2.29. The summed E-state index contributed by atoms with van der Waals surface area (Å²) >= 11 is 0. The van der Waals surface area contributed by atoms with Gasteiger partial charge < -0.3 is 10.6 Å². The van der Waals surface area contributed by atoms with Crippen LogP contribution in [0, 0.1) is 0 Å². The van der Waals surface area contributed by atoms with Crippen molar-refractivity contribution in [3.63, 3.8) is 0 Å². The van der Waals surface area contributed by atoms with Gasteiger partial charge in [0.05, 0.1) is 6.04 Å². The summed E-state index contributed by atoms with van der Waals surface area (Å²) in [5, 5.41) is 6.22. The van der Waals surface area contributed by atoms with Gasteiger partial charge in [0.15, 0.2) is 0 Å². The van der Waals surface area contributed by atoms with Crippen molar-refractivity contribution in [2.75, 3.05) is 13.1 Å². The Morgan fingerprint density at radius 3 is 2.68 bits per heavy atom. The molecule has 2 N–H and O–H groups in total. The Labute approximate surface area is 115 Å². The minimum Gasteiger partial charge on any atom is -0.355 e. The predicted octanol–water partition coefficient (Wildman–Crippen LogP) is 2.22. The number of amides is 1. The summed E-state index contributed by atoms with van der Waals surface area (Å²) in [6, 6.07) is 8.83. The molecule has 1 aromatic rings. The van der Waals surface area contributed by atoms with Gasteiger partial charge in [-0.1, -0.05) is 31.2 Å². The average Bonchev–Trinajstić information content (AvgIpc) is 2.48. The number of piperidine rings is 1. The van der Waals surface area contributed by atoms with Gasteiger partial charge in [-0.3, -0.25) is 4.79 Å². The van der Waals surface area contributed by atoms with E-state index in [9.17, 15) is 4.79 Å². The van der Waals surface area contributed by atoms with Crippen LogP contribution in [0.25, 0.3) is 0 Å². The van der Waals surface area contributed by atoms with Gasteiger partial charge in [-0.05, 0) is 49.8 Å². The van der Waals surface area contributed by atoms with E-state index < -0.39 is 0 Å². The number of nitrogens with one attached hydrogen (secondary N) is 2. The van der Waals surface area contributed by atoms with Gasteiger partial charge in [0.2, 0.25) is 5.91 Å². The first-order valence-corrected chi connectivity index (χ1v) is 7.34. The van der Waals surface area contributed by atoms with Gasteiger partial charge in [-0.15, -0.1) is 0 Å². The molecule has 3 nitrogen and oxygen atoms in total. The van der Waals surface area contributed by atoms with Gasteiger partial charge >= 0.3 is 0 Å². The highest BCUT2D eigenvalue weighted by atomic mass is 16.2. The third kappa shape index (κ3) is 3.57. The van der Waals surface area contributed by atoms with Crippen LogP contribution in [0.4, 0.5) is 0 Å². The second-order valence-corrected chi connectivity index (χ2v) is 5.22. The van der Waals surface area contributed by atoms with Crippen LogP contribution in [0.15, 0.2) is 24.3 Å². The number of aryl methyl sites for hydroxylation is 1. The van der Waals surface area contributed by atoms with Gasteiger partial charge in [-0.2, -0.15) is 0 Å². The van der Waals surface area contributed by atoms with Crippen LogP contribution in [0.3, 0.4) is 0 Å². The van der Waals surface area contributed by atoms with E-state index in [4.69, 9.17) is 0 Å². The first-order valence-electron chi connectivity index (χ1n) is 7.34. The zero-order valence-corrected chi connectivity index (χ0v) is 11.9. The van der Waals surface area contributed by atoms with E-state index >= 15 is 0 Å². The molecule has 0 bridgehead atoms. The third-order valence-corrected chi connectivity index (χ3v) is 3.93. The van der Waals surface area contributed by atoms with Crippen molar-refractivity contribution in [2.45, 2.75) is 45.1 Å². The number of rotatable bonds is 4. The van der Waals surface area contributed by atoms with Crippen LogP contribution >= 0.6 is 0 Å². The van der Waals surface area contributed by atoms with Gasteiger partial charge in [0.25, 0.3) is 0 Å². The number of hydrogen-bond acceptors (Lipinski definition) is 2. The van der Waals surface area contributed by atoms with E-state index in [1.54, 1.807) is 0 Å². The van der Waals surface area contributed by atoms with Crippen molar-refractivity contribution >= 4 is 5.91 Å². The number of carbonyl (C=O) groups is 1. The fourth-order valence-electron chi connectivity index (χ4n) is 2.74. The Kier molecular flexibility index (Phi) is 4.97. The molecule has 0 radical (unpaired) electrons. The fourth-order valence-corrected chi connectivity index (χ4v) is 2.74. The third-order valence-electron chi connectivity index (χ3n) is 3.93. The summed E-state index contributed by atoms with van der Waals surface area (Å²) in [7, 11) is 0. The molecule has 19 heavy (non-hydrogen) atoms. The summed E-state index contributed by atoms with van der Waals surface area (Å²) < 4.78 is 0. The van der Waals surface area contributed by atoms with E-state index in [0.29, 0.717) is 12.5 Å². The van der Waals surface area contributed by atoms with Crippen LogP contribution in [-0.2, 0) is 11.2 Å². The topological polar surface area (TPSA) is 41.1 Å². The summed E-state index contributed by atoms with van der Waals surface area (Å²) in [6.45, 7) is 5.75. The van der Waals surface area contributed by atoms with Crippen molar-refractivity contribution in [2.24, 2.45) is 0 Å². The first kappa shape index (κ1) is 14.1. The van der Waals surface area contributed by atoms with Crippen molar-refractivity contribution in [1.29, 1.82) is 0 Å². The Hall–Kier alpha value is -1.35. The maximum absolute atomic E-state index is 11.9. The van der Waals surface area contributed by atoms with Crippen LogP contribution in [-0.4, -0.2) is 25.0 Å². The quantitative estimate of drug-likeness (QED) is 0.871. The highest BCUT2D eigenvalue weighted by Crippen LogP contribution is 2.28. The summed E-state index contributed by atoms with van der Waals surface area (Å²) in [5.74, 6) is 0.636. The van der Waals surface area contributed by atoms with E-state index in [0.717, 1.165) is 25.8 Å². The van der Waals surface area contributed by atoms with Crippen molar-refractivity contribution in [3.05, 3.63) is 35.4 Å². The molecule has 0 aliphatic carbocycles. The molecule has 1 saturated heterocycles. The molecule has 0 spiro atoms. The van der Waals surface area contributed by atoms with Gasteiger partial charge in [0.1, 0.15) is 0 Å². The minimum absolute atomic E-state index is 0.0375. The first-order chi connectivity index (χ1) is 9.24. The van der Waals surface area contributed by atoms with Crippen LogP contribution in [0.2, 0.25) is 0 Å². The summed E-state index contributed by atoms with van der Waals surface area (Å²) in [5.41, 5.74) is 2.74. The van der Waals surface area contributed by atoms with E-state index in [1.807, 2.05) is 6.92 Å². The van der Waals surface area contributed by atoms with E-state index in [-0.39, 0.29) is 11.9 Å². The Morgan fingerprint density at radius 2 is 2.05 bits per heavy atom. The molecule has 2 atom stereocenters. The normalized spacial score (nSPS) is 23.1. The summed E-state index contributed by atoms with van der Waals surface area (Å²) in [6.07, 6.45) is 3.09. The molecular weight excluding hydrogens is 236 g/mol. The maximum atomic E-state index is 11.9. The van der Waals surface area contributed by atoms with Gasteiger partial charge in [0, 0.05) is 6.54 Å². The van der Waals surface area contributed by atoms with Crippen molar-refractivity contribution < 1.29 is 4.79 Å². The molecule has 1 amide bonds. The molecule has 1 heterocycles. The smallest absolute Gasteiger partial charge is 0.237 e. The lowest BCUT2D eigenvalue weighted by Crippen LogP contribution is -2.48. The van der Waals surface area contributed by atoms with Crippen LogP contribution < -0.4 is 10.6 Å². The highest BCUT2D eigenvalue weighted by molar-refractivity contribution is 5.81. The Balaban J connectivity index is 2.01. The molecular formula is C16H24N2O. The second kappa shape index (κ2) is 6.71. The number of carbonyl (C=O) groups excluding carboxylic acids is 1. The molecule has 1 aromatic carbocycles. The Morgan fingerprint density at radius 1 is 1.32 bits per heavy atom. The molecule has 1 fully saturated rings. The molecule has 3 heteroatoms. The number of likely N-dealkylation sites (N-methyl/N-ethyl adjacent to an activating group) is 1. The summed E-state index contributed by atoms with van der Waals surface area (Å²) in [4.78, 5) is 11.9. The molecule has 0 aromatic heterocycles. The molecule has 2 unspecified atom stereocenters. The minimum atomic E-state index is -0.0375. The van der Waals surface area contributed by atoms with Crippen LogP contribution in [0.5, 0.6) is 0 Å². The molecule has 104 valence electrons. The average molecular weight is 260 g/mol. The van der Waals surface area contributed by atoms with Gasteiger partial charge in [-0.25, -0.2) is 0 Å². The lowest BCUT2D eigenvalue weighted by molar-refractivity contribution is -0.123.